The molecule has 0 aromatic heterocycles. The third kappa shape index (κ3) is 5.50. The molecule has 0 fully saturated rings. The third-order valence-corrected chi connectivity index (χ3v) is 8.16. The van der Waals surface area contributed by atoms with Crippen molar-refractivity contribution in [3.05, 3.63) is 129 Å². The topological polar surface area (TPSA) is 42.8 Å². The first-order valence-corrected chi connectivity index (χ1v) is 14.1. The van der Waals surface area contributed by atoms with Crippen molar-refractivity contribution >= 4 is 33.5 Å². The molecule has 4 nitrogen and oxygen atoms in total. The number of nitrogens with one attached hydrogen (secondary N) is 1. The molecule has 0 radical (unpaired) electrons. The molecule has 196 valence electrons. The fourth-order valence-corrected chi connectivity index (χ4v) is 5.85. The summed E-state index contributed by atoms with van der Waals surface area (Å²) in [7, 11) is 1.66. The Morgan fingerprint density at radius 1 is 0.949 bits per heavy atom. The zero-order valence-corrected chi connectivity index (χ0v) is 23.7. The molecule has 0 saturated carbocycles. The summed E-state index contributed by atoms with van der Waals surface area (Å²) in [5.74, 6) is 2.40. The van der Waals surface area contributed by atoms with E-state index in [0.717, 1.165) is 27.7 Å². The Kier molecular flexibility index (Phi) is 7.25. The van der Waals surface area contributed by atoms with Crippen LogP contribution in [0.1, 0.15) is 46.2 Å². The number of benzene rings is 4. The third-order valence-electron chi connectivity index (χ3n) is 7.63. The quantitative estimate of drug-likeness (QED) is 0.176. The Morgan fingerprint density at radius 2 is 1.77 bits per heavy atom. The largest absolute Gasteiger partial charge is 0.493 e. The van der Waals surface area contributed by atoms with Crippen LogP contribution in [0.5, 0.6) is 11.5 Å². The molecule has 0 bridgehead atoms. The van der Waals surface area contributed by atoms with E-state index >= 15 is 0 Å². The zero-order valence-electron chi connectivity index (χ0n) is 22.1. The number of hydrogen-bond acceptors (Lipinski definition) is 4. The van der Waals surface area contributed by atoms with Gasteiger partial charge < -0.3 is 14.8 Å². The van der Waals surface area contributed by atoms with E-state index in [0.29, 0.717) is 29.9 Å². The molecular weight excluding hydrogens is 548 g/mol. The lowest BCUT2D eigenvalue weighted by Crippen LogP contribution is -2.29. The number of fused-ring (bicyclic) bond motifs is 3. The summed E-state index contributed by atoms with van der Waals surface area (Å²) in [6.45, 7) is 2.64. The molecule has 1 aliphatic carbocycles. The summed E-state index contributed by atoms with van der Waals surface area (Å²) < 4.78 is 12.6. The number of nitrogens with zero attached hydrogens (tertiary/aromatic N) is 1. The number of ether oxygens (including phenoxy) is 2. The Balaban J connectivity index is 1.14. The lowest BCUT2D eigenvalue weighted by molar-refractivity contribution is 0.284. The van der Waals surface area contributed by atoms with Crippen molar-refractivity contribution in [2.24, 2.45) is 10.9 Å². The highest BCUT2D eigenvalue weighted by molar-refractivity contribution is 9.10. The fraction of sp³-hybridized carbons (Fsp3) is 0.206. The van der Waals surface area contributed by atoms with Crippen LogP contribution in [0.3, 0.4) is 0 Å². The monoisotopic (exact) mass is 578 g/mol. The van der Waals surface area contributed by atoms with Crippen LogP contribution < -0.4 is 14.8 Å². The summed E-state index contributed by atoms with van der Waals surface area (Å²) in [4.78, 5) is 4.72. The number of anilines is 1. The smallest absolute Gasteiger partial charge is 0.161 e. The number of aryl methyl sites for hydroxylation is 1. The van der Waals surface area contributed by atoms with Gasteiger partial charge in [0.05, 0.1) is 18.8 Å². The lowest BCUT2D eigenvalue weighted by Gasteiger charge is -2.37. The number of hydrogen-bond donors (Lipinski definition) is 1. The van der Waals surface area contributed by atoms with Gasteiger partial charge in [-0.3, -0.25) is 4.99 Å². The van der Waals surface area contributed by atoms with E-state index in [1.54, 1.807) is 7.11 Å². The van der Waals surface area contributed by atoms with Gasteiger partial charge in [-0.15, -0.1) is 0 Å². The fourth-order valence-electron chi connectivity index (χ4n) is 5.59. The van der Waals surface area contributed by atoms with Gasteiger partial charge in [0.1, 0.15) is 6.61 Å². The van der Waals surface area contributed by atoms with Gasteiger partial charge in [0, 0.05) is 22.3 Å². The first-order valence-electron chi connectivity index (χ1n) is 13.3. The SMILES string of the molecule is COc1cc(C=Nc2ccc([C@@H]3Nc4ccc(C)cc4[C@@H]4C=CC[C@@H]43)cc2)ccc1OCc1ccc(Br)cc1. The molecule has 0 saturated heterocycles. The van der Waals surface area contributed by atoms with Crippen molar-refractivity contribution in [2.75, 3.05) is 12.4 Å². The number of halogens is 1. The van der Waals surface area contributed by atoms with Crippen molar-refractivity contribution in [3.63, 3.8) is 0 Å². The van der Waals surface area contributed by atoms with Crippen LogP contribution in [-0.2, 0) is 6.61 Å². The van der Waals surface area contributed by atoms with Gasteiger partial charge in [-0.25, -0.2) is 0 Å². The average molecular weight is 580 g/mol. The summed E-state index contributed by atoms with van der Waals surface area (Å²) >= 11 is 3.46. The van der Waals surface area contributed by atoms with E-state index < -0.39 is 0 Å². The van der Waals surface area contributed by atoms with Gasteiger partial charge >= 0.3 is 0 Å². The van der Waals surface area contributed by atoms with E-state index in [1.807, 2.05) is 48.7 Å². The average Bonchev–Trinajstić information content (AvgIpc) is 3.46. The Bertz CT molecular complexity index is 1530. The lowest BCUT2D eigenvalue weighted by atomic mass is 9.76. The Hall–Kier alpha value is -3.83. The minimum Gasteiger partial charge on any atom is -0.493 e. The maximum Gasteiger partial charge on any atom is 0.161 e. The van der Waals surface area contributed by atoms with Gasteiger partial charge in [-0.1, -0.05) is 70.0 Å². The number of allylic oxidation sites excluding steroid dienone is 2. The van der Waals surface area contributed by atoms with Crippen LogP contribution >= 0.6 is 15.9 Å². The van der Waals surface area contributed by atoms with Crippen LogP contribution in [0, 0.1) is 12.8 Å². The molecule has 2 aliphatic rings. The summed E-state index contributed by atoms with van der Waals surface area (Å²) in [5.41, 5.74) is 8.25. The predicted molar refractivity (Wildman–Crippen MR) is 163 cm³/mol. The molecule has 0 spiro atoms. The molecule has 1 N–H and O–H groups in total. The second kappa shape index (κ2) is 11.1. The highest BCUT2D eigenvalue weighted by Gasteiger charge is 2.37. The van der Waals surface area contributed by atoms with Crippen molar-refractivity contribution in [1.82, 2.24) is 0 Å². The minimum absolute atomic E-state index is 0.285. The molecule has 1 heterocycles. The van der Waals surface area contributed by atoms with Gasteiger partial charge in [0.15, 0.2) is 11.5 Å². The molecule has 5 heteroatoms. The maximum atomic E-state index is 6.00. The zero-order chi connectivity index (χ0) is 26.8. The highest BCUT2D eigenvalue weighted by Crippen LogP contribution is 2.50. The van der Waals surface area contributed by atoms with E-state index in [-0.39, 0.29) is 6.04 Å². The Labute approximate surface area is 238 Å². The van der Waals surface area contributed by atoms with Crippen LogP contribution in [0.25, 0.3) is 0 Å². The van der Waals surface area contributed by atoms with E-state index in [2.05, 4.69) is 82.8 Å². The standard InChI is InChI=1S/C34H31BrN2O2/c1-22-6-16-31-30(18-22)28-4-3-5-29(28)34(37-31)25-10-14-27(15-11-25)36-20-24-9-17-32(33(19-24)38-2)39-21-23-7-12-26(35)13-8-23/h3-4,6-20,28-29,34,37H,5,21H2,1-2H3/t28-,29+,34+/m1/s1. The number of rotatable bonds is 7. The molecule has 0 unspecified atom stereocenters. The van der Waals surface area contributed by atoms with Crippen molar-refractivity contribution in [1.29, 1.82) is 0 Å². The molecule has 4 aromatic rings. The van der Waals surface area contributed by atoms with Crippen molar-refractivity contribution < 1.29 is 9.47 Å². The van der Waals surface area contributed by atoms with E-state index in [4.69, 9.17) is 14.5 Å². The molecule has 4 aromatic carbocycles. The van der Waals surface area contributed by atoms with Crippen molar-refractivity contribution in [3.8, 4) is 11.5 Å². The van der Waals surface area contributed by atoms with Crippen molar-refractivity contribution in [2.45, 2.75) is 31.9 Å². The normalized spacial score (nSPS) is 19.4. The van der Waals surface area contributed by atoms with Crippen LogP contribution in [0.4, 0.5) is 11.4 Å². The molecular formula is C34H31BrN2O2. The van der Waals surface area contributed by atoms with Gasteiger partial charge in [0.25, 0.3) is 0 Å². The predicted octanol–water partition coefficient (Wildman–Crippen LogP) is 8.92. The summed E-state index contributed by atoms with van der Waals surface area (Å²) in [6.07, 6.45) is 7.69. The number of methoxy groups -OCH3 is 1. The first-order chi connectivity index (χ1) is 19.1. The Morgan fingerprint density at radius 3 is 2.56 bits per heavy atom. The number of aliphatic imine (C=N–C) groups is 1. The molecule has 6 rings (SSSR count). The van der Waals surface area contributed by atoms with Gasteiger partial charge in [0.2, 0.25) is 0 Å². The summed E-state index contributed by atoms with van der Waals surface area (Å²) in [5, 5.41) is 3.82. The van der Waals surface area contributed by atoms with Crippen LogP contribution in [0.15, 0.2) is 107 Å². The molecule has 3 atom stereocenters. The molecule has 39 heavy (non-hydrogen) atoms. The second-order valence-electron chi connectivity index (χ2n) is 10.2. The van der Waals surface area contributed by atoms with Crippen LogP contribution in [0.2, 0.25) is 0 Å². The van der Waals surface area contributed by atoms with E-state index in [9.17, 15) is 0 Å². The highest BCUT2D eigenvalue weighted by atomic mass is 79.9. The molecule has 1 aliphatic heterocycles. The minimum atomic E-state index is 0.285. The molecule has 0 amide bonds. The second-order valence-corrected chi connectivity index (χ2v) is 11.2. The van der Waals surface area contributed by atoms with Crippen LogP contribution in [-0.4, -0.2) is 13.3 Å². The first kappa shape index (κ1) is 25.4. The van der Waals surface area contributed by atoms with Gasteiger partial charge in [-0.2, -0.15) is 0 Å². The maximum absolute atomic E-state index is 6.00. The summed E-state index contributed by atoms with van der Waals surface area (Å²) in [6, 6.07) is 29.6. The van der Waals surface area contributed by atoms with E-state index in [1.165, 1.54) is 22.4 Å². The van der Waals surface area contributed by atoms with Gasteiger partial charge in [-0.05, 0) is 90.0 Å².